The Bertz CT molecular complexity index is 689. The highest BCUT2D eigenvalue weighted by Gasteiger charge is 2.38. The predicted octanol–water partition coefficient (Wildman–Crippen LogP) is 4.74. The van der Waals surface area contributed by atoms with E-state index in [2.05, 4.69) is 45.9 Å². The van der Waals surface area contributed by atoms with Gasteiger partial charge in [0, 0.05) is 0 Å². The lowest BCUT2D eigenvalue weighted by atomic mass is 9.67. The topological polar surface area (TPSA) is 26.3 Å². The van der Waals surface area contributed by atoms with Crippen LogP contribution in [0.3, 0.4) is 0 Å². The summed E-state index contributed by atoms with van der Waals surface area (Å²) in [5.41, 5.74) is 2.62. The molecule has 0 radical (unpaired) electrons. The zero-order valence-electron chi connectivity index (χ0n) is 13.3. The number of carbonyl (C=O) groups excluding carboxylic acids is 1. The summed E-state index contributed by atoms with van der Waals surface area (Å²) in [5, 5.41) is 0. The van der Waals surface area contributed by atoms with Crippen LogP contribution in [0.1, 0.15) is 23.1 Å². The fourth-order valence-corrected chi connectivity index (χ4v) is 3.32. The van der Waals surface area contributed by atoms with Gasteiger partial charge < -0.3 is 4.52 Å². The van der Waals surface area contributed by atoms with Crippen LogP contribution in [-0.2, 0) is 14.7 Å². The van der Waals surface area contributed by atoms with E-state index in [0.29, 0.717) is 0 Å². The molecule has 0 aliphatic carbocycles. The van der Waals surface area contributed by atoms with Crippen LogP contribution in [-0.4, -0.2) is 5.97 Å². The molecule has 0 aliphatic heterocycles. The maximum absolute atomic E-state index is 12.3. The first-order valence-electron chi connectivity index (χ1n) is 7.83. The second-order valence-corrected chi connectivity index (χ2v) is 5.91. The van der Waals surface area contributed by atoms with Gasteiger partial charge in [-0.05, 0) is 16.7 Å². The SMILES string of the molecule is O=C(CC(c1ccccc1)(c1ccccc1)c1ccccc1)OP. The summed E-state index contributed by atoms with van der Waals surface area (Å²) < 4.78 is 4.95. The van der Waals surface area contributed by atoms with E-state index in [4.69, 9.17) is 4.52 Å². The lowest BCUT2D eigenvalue weighted by Gasteiger charge is -2.35. The molecule has 3 aromatic carbocycles. The molecule has 1 atom stereocenters. The summed E-state index contributed by atoms with van der Waals surface area (Å²) in [6, 6.07) is 30.4. The lowest BCUT2D eigenvalue weighted by molar-refractivity contribution is -0.134. The van der Waals surface area contributed by atoms with Crippen molar-refractivity contribution < 1.29 is 9.32 Å². The van der Waals surface area contributed by atoms with Gasteiger partial charge in [-0.3, -0.25) is 4.79 Å². The average molecular weight is 334 g/mol. The molecule has 0 bridgehead atoms. The molecule has 3 heteroatoms. The third kappa shape index (κ3) is 3.11. The first kappa shape index (κ1) is 16.4. The molecular weight excluding hydrogens is 315 g/mol. The fraction of sp³-hybridized carbons (Fsp3) is 0.0952. The van der Waals surface area contributed by atoms with Gasteiger partial charge in [-0.2, -0.15) is 0 Å². The Balaban J connectivity index is 2.30. The molecule has 2 nitrogen and oxygen atoms in total. The van der Waals surface area contributed by atoms with Gasteiger partial charge in [0.25, 0.3) is 0 Å². The Morgan fingerprint density at radius 1 is 0.708 bits per heavy atom. The predicted molar refractivity (Wildman–Crippen MR) is 99.6 cm³/mol. The van der Waals surface area contributed by atoms with Crippen LogP contribution < -0.4 is 0 Å². The molecule has 24 heavy (non-hydrogen) atoms. The minimum Gasteiger partial charge on any atom is -0.451 e. The highest BCUT2D eigenvalue weighted by Crippen LogP contribution is 2.42. The average Bonchev–Trinajstić information content (AvgIpc) is 2.68. The third-order valence-electron chi connectivity index (χ3n) is 4.34. The molecule has 0 fully saturated rings. The van der Waals surface area contributed by atoms with Crippen molar-refractivity contribution in [3.05, 3.63) is 108 Å². The minimum atomic E-state index is -0.586. The Kier molecular flexibility index (Phi) is 5.08. The quantitative estimate of drug-likeness (QED) is 0.497. The molecule has 0 aromatic heterocycles. The van der Waals surface area contributed by atoms with Crippen molar-refractivity contribution in [2.45, 2.75) is 11.8 Å². The normalized spacial score (nSPS) is 11.0. The summed E-state index contributed by atoms with van der Waals surface area (Å²) in [7, 11) is 2.06. The molecule has 0 saturated heterocycles. The standard InChI is InChI=1S/C21H19O2P/c22-20(23-24)16-21(17-10-4-1-5-11-17,18-12-6-2-7-13-18)19-14-8-3-9-15-19/h1-15H,16,24H2. The summed E-state index contributed by atoms with van der Waals surface area (Å²) in [6.45, 7) is 0. The third-order valence-corrected chi connectivity index (χ3v) is 4.60. The van der Waals surface area contributed by atoms with E-state index in [9.17, 15) is 4.79 Å². The highest BCUT2D eigenvalue weighted by molar-refractivity contribution is 7.10. The molecule has 120 valence electrons. The Hall–Kier alpha value is -2.44. The zero-order chi connectivity index (χ0) is 16.8. The fourth-order valence-electron chi connectivity index (χ4n) is 3.23. The van der Waals surface area contributed by atoms with E-state index in [1.165, 1.54) is 0 Å². The molecule has 0 amide bonds. The zero-order valence-corrected chi connectivity index (χ0v) is 14.4. The van der Waals surface area contributed by atoms with Crippen LogP contribution in [0.2, 0.25) is 0 Å². The molecule has 0 N–H and O–H groups in total. The van der Waals surface area contributed by atoms with Crippen LogP contribution in [0.25, 0.3) is 0 Å². The van der Waals surface area contributed by atoms with Gasteiger partial charge in [0.1, 0.15) is 0 Å². The lowest BCUT2D eigenvalue weighted by Crippen LogP contribution is -2.32. The maximum Gasteiger partial charge on any atom is 0.309 e. The van der Waals surface area contributed by atoms with Crippen molar-refractivity contribution in [2.24, 2.45) is 0 Å². The minimum absolute atomic E-state index is 0.231. The summed E-state index contributed by atoms with van der Waals surface area (Å²) in [5.74, 6) is -0.267. The van der Waals surface area contributed by atoms with Crippen LogP contribution in [0.4, 0.5) is 0 Å². The molecule has 1 unspecified atom stereocenters. The van der Waals surface area contributed by atoms with Crippen LogP contribution in [0, 0.1) is 0 Å². The largest absolute Gasteiger partial charge is 0.451 e. The number of benzene rings is 3. The summed E-state index contributed by atoms with van der Waals surface area (Å²) >= 11 is 0. The second-order valence-electron chi connectivity index (χ2n) is 5.67. The summed E-state index contributed by atoms with van der Waals surface area (Å²) in [4.78, 5) is 12.3. The van der Waals surface area contributed by atoms with E-state index in [0.717, 1.165) is 16.7 Å². The first-order valence-corrected chi connectivity index (χ1v) is 8.30. The van der Waals surface area contributed by atoms with E-state index in [1.54, 1.807) is 0 Å². The van der Waals surface area contributed by atoms with E-state index < -0.39 is 5.41 Å². The van der Waals surface area contributed by atoms with Crippen molar-refractivity contribution in [3.8, 4) is 0 Å². The van der Waals surface area contributed by atoms with Crippen molar-refractivity contribution >= 4 is 15.4 Å². The van der Waals surface area contributed by atoms with Crippen LogP contribution in [0.5, 0.6) is 0 Å². The second kappa shape index (κ2) is 7.42. The van der Waals surface area contributed by atoms with Gasteiger partial charge in [0.15, 0.2) is 0 Å². The molecule has 3 aromatic rings. The van der Waals surface area contributed by atoms with E-state index >= 15 is 0 Å². The molecular formula is C21H19O2P. The van der Waals surface area contributed by atoms with Gasteiger partial charge in [-0.25, -0.2) is 0 Å². The molecule has 3 rings (SSSR count). The van der Waals surface area contributed by atoms with Gasteiger partial charge in [-0.15, -0.1) is 0 Å². The highest BCUT2D eigenvalue weighted by atomic mass is 31.0. The monoisotopic (exact) mass is 334 g/mol. The molecule has 0 spiro atoms. The van der Waals surface area contributed by atoms with Crippen molar-refractivity contribution in [2.75, 3.05) is 0 Å². The van der Waals surface area contributed by atoms with E-state index in [1.807, 2.05) is 54.6 Å². The van der Waals surface area contributed by atoms with E-state index in [-0.39, 0.29) is 12.4 Å². The number of hydrogen-bond acceptors (Lipinski definition) is 2. The summed E-state index contributed by atoms with van der Waals surface area (Å²) in [6.07, 6.45) is 0.231. The van der Waals surface area contributed by atoms with Gasteiger partial charge in [-0.1, -0.05) is 91.0 Å². The van der Waals surface area contributed by atoms with Crippen molar-refractivity contribution in [1.29, 1.82) is 0 Å². The molecule has 0 aliphatic rings. The van der Waals surface area contributed by atoms with Crippen molar-refractivity contribution in [3.63, 3.8) is 0 Å². The van der Waals surface area contributed by atoms with Gasteiger partial charge >= 0.3 is 5.97 Å². The maximum atomic E-state index is 12.3. The van der Waals surface area contributed by atoms with Gasteiger partial charge in [0.2, 0.25) is 0 Å². The Morgan fingerprint density at radius 2 is 1.04 bits per heavy atom. The number of hydrogen-bond donors (Lipinski definition) is 0. The van der Waals surface area contributed by atoms with Crippen LogP contribution in [0.15, 0.2) is 91.0 Å². The first-order chi connectivity index (χ1) is 11.8. The number of carbonyl (C=O) groups is 1. The Labute approximate surface area is 144 Å². The Morgan fingerprint density at radius 3 is 1.33 bits per heavy atom. The van der Waals surface area contributed by atoms with Crippen LogP contribution >= 0.6 is 9.47 Å². The smallest absolute Gasteiger partial charge is 0.309 e. The van der Waals surface area contributed by atoms with Crippen molar-refractivity contribution in [1.82, 2.24) is 0 Å². The number of rotatable bonds is 5. The molecule has 0 saturated carbocycles. The molecule has 0 heterocycles. The van der Waals surface area contributed by atoms with Gasteiger partial charge in [0.05, 0.1) is 21.3 Å².